The van der Waals surface area contributed by atoms with Gasteiger partial charge in [-0.1, -0.05) is 6.92 Å². The van der Waals surface area contributed by atoms with Gasteiger partial charge in [-0.25, -0.2) is 8.42 Å². The fourth-order valence-electron chi connectivity index (χ4n) is 4.39. The number of thiophene rings is 1. The number of sulfonamides is 1. The van der Waals surface area contributed by atoms with Gasteiger partial charge in [0.25, 0.3) is 11.8 Å². The van der Waals surface area contributed by atoms with Gasteiger partial charge in [0, 0.05) is 43.5 Å². The van der Waals surface area contributed by atoms with Gasteiger partial charge in [-0.3, -0.25) is 30.1 Å². The number of hydrogen-bond acceptors (Lipinski definition) is 8. The summed E-state index contributed by atoms with van der Waals surface area (Å²) in [5.41, 5.74) is 6.16. The number of rotatable bonds is 7. The zero-order valence-electron chi connectivity index (χ0n) is 20.8. The highest BCUT2D eigenvalue weighted by molar-refractivity contribution is 7.89. The second kappa shape index (κ2) is 11.7. The van der Waals surface area contributed by atoms with Gasteiger partial charge in [0.2, 0.25) is 15.9 Å². The number of fused-ring (bicyclic) bond motifs is 1. The van der Waals surface area contributed by atoms with Crippen LogP contribution < -0.4 is 16.2 Å². The Labute approximate surface area is 220 Å². The van der Waals surface area contributed by atoms with E-state index in [1.54, 1.807) is 0 Å². The van der Waals surface area contributed by atoms with E-state index in [0.717, 1.165) is 30.0 Å². The van der Waals surface area contributed by atoms with Crippen molar-refractivity contribution in [3.8, 4) is 0 Å². The zero-order chi connectivity index (χ0) is 26.6. The molecule has 1 saturated heterocycles. The molecule has 1 aromatic heterocycles. The molecular weight excluding hydrogens is 518 g/mol. The monoisotopic (exact) mass is 549 g/mol. The van der Waals surface area contributed by atoms with E-state index in [2.05, 4.69) is 28.0 Å². The molecule has 0 atom stereocenters. The third-order valence-corrected chi connectivity index (χ3v) is 9.25. The number of carbonyl (C=O) groups is 3. The molecule has 200 valence electrons. The summed E-state index contributed by atoms with van der Waals surface area (Å²) in [6, 6.07) is 5.73. The molecule has 0 radical (unpaired) electrons. The summed E-state index contributed by atoms with van der Waals surface area (Å²) in [5.74, 6) is -1.38. The smallest absolute Gasteiger partial charge is 0.272 e. The number of amides is 3. The number of hydrogen-bond donors (Lipinski definition) is 3. The van der Waals surface area contributed by atoms with Crippen molar-refractivity contribution in [1.82, 2.24) is 20.1 Å². The summed E-state index contributed by atoms with van der Waals surface area (Å²) in [7, 11) is -3.68. The molecule has 0 aliphatic carbocycles. The van der Waals surface area contributed by atoms with Gasteiger partial charge in [0.1, 0.15) is 5.00 Å². The SMILES string of the molecule is CCCN1CCc2c(sc(NC(=O)c3ccc(S(=O)(=O)N4CCOCC4)cc3)c2C(=O)NNC(C)=O)C1. The number of nitrogens with one attached hydrogen (secondary N) is 3. The number of anilines is 1. The van der Waals surface area contributed by atoms with Crippen LogP contribution in [0.2, 0.25) is 0 Å². The van der Waals surface area contributed by atoms with Crippen molar-refractivity contribution in [2.45, 2.75) is 38.1 Å². The standard InChI is InChI=1S/C24H31N5O6S2/c1-3-9-28-10-8-19-20(15-28)36-24(21(19)23(32)27-26-16(2)30)25-22(31)17-4-6-18(7-5-17)37(33,34)29-11-13-35-14-12-29/h4-7H,3,8-15H2,1-2H3,(H,25,31)(H,26,30)(H,27,32). The van der Waals surface area contributed by atoms with E-state index in [9.17, 15) is 22.8 Å². The summed E-state index contributed by atoms with van der Waals surface area (Å²) < 4.78 is 32.3. The minimum Gasteiger partial charge on any atom is -0.379 e. The molecule has 2 aromatic rings. The van der Waals surface area contributed by atoms with Crippen molar-refractivity contribution in [1.29, 1.82) is 0 Å². The predicted molar refractivity (Wildman–Crippen MR) is 139 cm³/mol. The fourth-order valence-corrected chi connectivity index (χ4v) is 7.08. The van der Waals surface area contributed by atoms with E-state index in [4.69, 9.17) is 4.74 Å². The van der Waals surface area contributed by atoms with E-state index in [-0.39, 0.29) is 23.5 Å². The topological polar surface area (TPSA) is 137 Å². The summed E-state index contributed by atoms with van der Waals surface area (Å²) in [6.07, 6.45) is 1.66. The van der Waals surface area contributed by atoms with Crippen LogP contribution >= 0.6 is 11.3 Å². The summed E-state index contributed by atoms with van der Waals surface area (Å²) in [4.78, 5) is 40.8. The van der Waals surface area contributed by atoms with Gasteiger partial charge in [-0.2, -0.15) is 4.31 Å². The molecule has 2 aliphatic heterocycles. The van der Waals surface area contributed by atoms with Crippen LogP contribution in [0, 0.1) is 0 Å². The molecule has 37 heavy (non-hydrogen) atoms. The first-order valence-electron chi connectivity index (χ1n) is 12.1. The number of benzene rings is 1. The van der Waals surface area contributed by atoms with E-state index in [0.29, 0.717) is 36.7 Å². The molecule has 11 nitrogen and oxygen atoms in total. The predicted octanol–water partition coefficient (Wildman–Crippen LogP) is 1.57. The Balaban J connectivity index is 1.55. The number of hydrazine groups is 1. The third kappa shape index (κ3) is 6.18. The maximum atomic E-state index is 13.1. The lowest BCUT2D eigenvalue weighted by Gasteiger charge is -2.26. The van der Waals surface area contributed by atoms with E-state index in [1.165, 1.54) is 46.8 Å². The molecule has 0 bridgehead atoms. The second-order valence-corrected chi connectivity index (χ2v) is 11.9. The molecule has 4 rings (SSSR count). The van der Waals surface area contributed by atoms with Crippen molar-refractivity contribution >= 4 is 44.1 Å². The van der Waals surface area contributed by atoms with E-state index < -0.39 is 27.7 Å². The van der Waals surface area contributed by atoms with Crippen LogP contribution in [-0.2, 0) is 32.5 Å². The lowest BCUT2D eigenvalue weighted by atomic mass is 10.0. The van der Waals surface area contributed by atoms with Crippen LogP contribution in [0.5, 0.6) is 0 Å². The van der Waals surface area contributed by atoms with Crippen molar-refractivity contribution in [3.05, 3.63) is 45.8 Å². The first kappa shape index (κ1) is 27.2. The first-order valence-corrected chi connectivity index (χ1v) is 14.4. The minimum absolute atomic E-state index is 0.101. The third-order valence-electron chi connectivity index (χ3n) is 6.21. The Morgan fingerprint density at radius 1 is 1.03 bits per heavy atom. The normalized spacial score (nSPS) is 16.6. The lowest BCUT2D eigenvalue weighted by molar-refractivity contribution is -0.119. The second-order valence-electron chi connectivity index (χ2n) is 8.86. The highest BCUT2D eigenvalue weighted by Crippen LogP contribution is 2.37. The Kier molecular flexibility index (Phi) is 8.60. The maximum absolute atomic E-state index is 13.1. The number of morpholine rings is 1. The van der Waals surface area contributed by atoms with Crippen molar-refractivity contribution in [3.63, 3.8) is 0 Å². The Hall–Kier alpha value is -2.84. The minimum atomic E-state index is -3.68. The lowest BCUT2D eigenvalue weighted by Crippen LogP contribution is -2.41. The molecule has 3 heterocycles. The quantitative estimate of drug-likeness (QED) is 0.446. The molecule has 1 fully saturated rings. The molecular formula is C24H31N5O6S2. The largest absolute Gasteiger partial charge is 0.379 e. The van der Waals surface area contributed by atoms with Gasteiger partial charge in [-0.05, 0) is 49.2 Å². The van der Waals surface area contributed by atoms with E-state index in [1.807, 2.05) is 0 Å². The van der Waals surface area contributed by atoms with Gasteiger partial charge >= 0.3 is 0 Å². The van der Waals surface area contributed by atoms with E-state index >= 15 is 0 Å². The molecule has 2 aliphatic rings. The van der Waals surface area contributed by atoms with Crippen LogP contribution in [0.3, 0.4) is 0 Å². The van der Waals surface area contributed by atoms with Crippen LogP contribution in [0.15, 0.2) is 29.2 Å². The highest BCUT2D eigenvalue weighted by atomic mass is 32.2. The van der Waals surface area contributed by atoms with Crippen LogP contribution in [0.4, 0.5) is 5.00 Å². The zero-order valence-corrected chi connectivity index (χ0v) is 22.5. The van der Waals surface area contributed by atoms with Gasteiger partial charge in [-0.15, -0.1) is 11.3 Å². The van der Waals surface area contributed by atoms with Crippen molar-refractivity contribution in [2.24, 2.45) is 0 Å². The average molecular weight is 550 g/mol. The highest BCUT2D eigenvalue weighted by Gasteiger charge is 2.30. The maximum Gasteiger partial charge on any atom is 0.272 e. The average Bonchev–Trinajstić information content (AvgIpc) is 3.25. The van der Waals surface area contributed by atoms with Gasteiger partial charge < -0.3 is 10.1 Å². The summed E-state index contributed by atoms with van der Waals surface area (Å²) in [5, 5.41) is 3.22. The number of carbonyl (C=O) groups excluding carboxylic acids is 3. The first-order chi connectivity index (χ1) is 17.7. The molecule has 0 unspecified atom stereocenters. The van der Waals surface area contributed by atoms with Crippen molar-refractivity contribution < 1.29 is 27.5 Å². The van der Waals surface area contributed by atoms with Crippen LogP contribution in [0.25, 0.3) is 0 Å². The molecule has 0 saturated carbocycles. The molecule has 3 N–H and O–H groups in total. The Morgan fingerprint density at radius 2 is 1.73 bits per heavy atom. The van der Waals surface area contributed by atoms with Crippen LogP contribution in [-0.4, -0.2) is 74.7 Å². The summed E-state index contributed by atoms with van der Waals surface area (Å²) in [6.45, 7) is 7.07. The molecule has 13 heteroatoms. The Morgan fingerprint density at radius 3 is 2.38 bits per heavy atom. The Bertz CT molecular complexity index is 1270. The molecule has 1 aromatic carbocycles. The van der Waals surface area contributed by atoms with Crippen molar-refractivity contribution in [2.75, 3.05) is 44.7 Å². The summed E-state index contributed by atoms with van der Waals surface area (Å²) >= 11 is 1.34. The molecule has 3 amide bonds. The number of ether oxygens (including phenoxy) is 1. The van der Waals surface area contributed by atoms with Gasteiger partial charge in [0.15, 0.2) is 0 Å². The van der Waals surface area contributed by atoms with Crippen LogP contribution in [0.1, 0.15) is 51.4 Å². The fraction of sp³-hybridized carbons (Fsp3) is 0.458. The molecule has 0 spiro atoms. The number of nitrogens with zero attached hydrogens (tertiary/aromatic N) is 2. The van der Waals surface area contributed by atoms with Gasteiger partial charge in [0.05, 0.1) is 23.7 Å².